The maximum absolute atomic E-state index is 11.1. The number of carbonyl (C=O) groups excluding carboxylic acids is 1. The average Bonchev–Trinajstić information content (AvgIpc) is 1.86. The maximum Gasteiger partial charge on any atom is 0.236 e. The van der Waals surface area contributed by atoms with Crippen molar-refractivity contribution in [3.8, 4) is 0 Å². The van der Waals surface area contributed by atoms with Crippen LogP contribution in [0.5, 0.6) is 0 Å². The monoisotopic (exact) mass is 223 g/mol. The molecule has 0 aromatic rings. The van der Waals surface area contributed by atoms with Crippen LogP contribution in [0.25, 0.3) is 0 Å². The summed E-state index contributed by atoms with van der Waals surface area (Å²) < 4.78 is 4.29. The van der Waals surface area contributed by atoms with E-state index in [1.165, 1.54) is 0 Å². The molecule has 0 aliphatic carbocycles. The molecule has 0 heterocycles. The minimum Gasteiger partial charge on any atom is -0.383 e. The minimum absolute atomic E-state index is 0.0189. The number of amides is 1. The van der Waals surface area contributed by atoms with Gasteiger partial charge in [-0.15, -0.1) is 0 Å². The normalized spacial score (nSPS) is 11.3. The van der Waals surface area contributed by atoms with Gasteiger partial charge in [-0.25, -0.2) is 0 Å². The molecule has 0 bridgehead atoms. The number of alkyl halides is 1. The van der Waals surface area contributed by atoms with Crippen molar-refractivity contribution in [2.75, 3.05) is 20.3 Å². The predicted octanol–water partition coefficient (Wildman–Crippen LogP) is 0.922. The SMILES string of the molecule is COCCNC(=O)C(C)(C)Br. The summed E-state index contributed by atoms with van der Waals surface area (Å²) in [6.45, 7) is 4.71. The second-order valence-corrected chi connectivity index (χ2v) is 4.70. The number of ether oxygens (including phenoxy) is 1. The van der Waals surface area contributed by atoms with Crippen LogP contribution in [-0.2, 0) is 9.53 Å². The Morgan fingerprint density at radius 2 is 2.18 bits per heavy atom. The second kappa shape index (κ2) is 4.72. The fourth-order valence-electron chi connectivity index (χ4n) is 0.477. The van der Waals surface area contributed by atoms with Gasteiger partial charge in [0.1, 0.15) is 0 Å². The molecule has 3 nitrogen and oxygen atoms in total. The van der Waals surface area contributed by atoms with Gasteiger partial charge in [-0.3, -0.25) is 4.79 Å². The first-order valence-corrected chi connectivity index (χ1v) is 4.24. The lowest BCUT2D eigenvalue weighted by atomic mass is 10.2. The number of halogens is 1. The molecular formula is C7H14BrNO2. The van der Waals surface area contributed by atoms with Crippen LogP contribution < -0.4 is 5.32 Å². The van der Waals surface area contributed by atoms with Crippen molar-refractivity contribution >= 4 is 21.8 Å². The highest BCUT2D eigenvalue weighted by Gasteiger charge is 2.22. The Labute approximate surface area is 75.6 Å². The van der Waals surface area contributed by atoms with E-state index in [9.17, 15) is 4.79 Å². The van der Waals surface area contributed by atoms with Crippen LogP contribution in [0.1, 0.15) is 13.8 Å². The fraction of sp³-hybridized carbons (Fsp3) is 0.857. The molecule has 0 radical (unpaired) electrons. The molecule has 0 aromatic heterocycles. The van der Waals surface area contributed by atoms with Gasteiger partial charge >= 0.3 is 0 Å². The summed E-state index contributed by atoms with van der Waals surface area (Å²) in [6.07, 6.45) is 0. The first-order chi connectivity index (χ1) is 4.98. The van der Waals surface area contributed by atoms with Crippen molar-refractivity contribution < 1.29 is 9.53 Å². The van der Waals surface area contributed by atoms with E-state index in [4.69, 9.17) is 4.74 Å². The quantitative estimate of drug-likeness (QED) is 0.569. The lowest BCUT2D eigenvalue weighted by molar-refractivity contribution is -0.122. The van der Waals surface area contributed by atoms with Gasteiger partial charge in [0.25, 0.3) is 0 Å². The molecule has 0 atom stereocenters. The number of carbonyl (C=O) groups is 1. The molecule has 0 aromatic carbocycles. The standard InChI is InChI=1S/C7H14BrNO2/c1-7(2,8)6(10)9-4-5-11-3/h4-5H2,1-3H3,(H,9,10). The van der Waals surface area contributed by atoms with E-state index in [0.717, 1.165) is 0 Å². The third-order valence-electron chi connectivity index (χ3n) is 1.13. The molecule has 0 rings (SSSR count). The van der Waals surface area contributed by atoms with E-state index in [1.807, 2.05) is 0 Å². The third-order valence-corrected chi connectivity index (χ3v) is 1.49. The van der Waals surface area contributed by atoms with Crippen molar-refractivity contribution in [2.45, 2.75) is 18.2 Å². The molecule has 1 amide bonds. The highest BCUT2D eigenvalue weighted by molar-refractivity contribution is 9.10. The van der Waals surface area contributed by atoms with E-state index in [2.05, 4.69) is 21.2 Å². The molecule has 0 saturated carbocycles. The second-order valence-electron chi connectivity index (χ2n) is 2.72. The summed E-state index contributed by atoms with van der Waals surface area (Å²) in [6, 6.07) is 0. The molecule has 0 fully saturated rings. The van der Waals surface area contributed by atoms with E-state index in [1.54, 1.807) is 21.0 Å². The number of hydrogen-bond acceptors (Lipinski definition) is 2. The van der Waals surface area contributed by atoms with Gasteiger partial charge in [0.05, 0.1) is 10.9 Å². The first-order valence-electron chi connectivity index (χ1n) is 3.44. The number of methoxy groups -OCH3 is 1. The van der Waals surface area contributed by atoms with E-state index in [-0.39, 0.29) is 5.91 Å². The largest absolute Gasteiger partial charge is 0.383 e. The van der Waals surface area contributed by atoms with Crippen molar-refractivity contribution in [1.29, 1.82) is 0 Å². The molecule has 66 valence electrons. The van der Waals surface area contributed by atoms with Gasteiger partial charge < -0.3 is 10.1 Å². The van der Waals surface area contributed by atoms with Gasteiger partial charge in [-0.1, -0.05) is 15.9 Å². The van der Waals surface area contributed by atoms with Gasteiger partial charge in [0.2, 0.25) is 5.91 Å². The summed E-state index contributed by atoms with van der Waals surface area (Å²) in [5.74, 6) is -0.0189. The third kappa shape index (κ3) is 5.21. The van der Waals surface area contributed by atoms with Crippen molar-refractivity contribution in [1.82, 2.24) is 5.32 Å². The topological polar surface area (TPSA) is 38.3 Å². The fourth-order valence-corrected chi connectivity index (χ4v) is 0.617. The van der Waals surface area contributed by atoms with Crippen molar-refractivity contribution in [3.05, 3.63) is 0 Å². The molecule has 0 saturated heterocycles. The first kappa shape index (κ1) is 10.9. The molecule has 0 aliphatic heterocycles. The molecule has 0 spiro atoms. The smallest absolute Gasteiger partial charge is 0.236 e. The van der Waals surface area contributed by atoms with E-state index < -0.39 is 4.32 Å². The van der Waals surface area contributed by atoms with Crippen LogP contribution in [0.3, 0.4) is 0 Å². The molecular weight excluding hydrogens is 210 g/mol. The van der Waals surface area contributed by atoms with Crippen LogP contribution in [0.4, 0.5) is 0 Å². The summed E-state index contributed by atoms with van der Waals surface area (Å²) in [4.78, 5) is 11.1. The highest BCUT2D eigenvalue weighted by atomic mass is 79.9. The average molecular weight is 224 g/mol. The summed E-state index contributed by atoms with van der Waals surface area (Å²) >= 11 is 3.24. The summed E-state index contributed by atoms with van der Waals surface area (Å²) in [5, 5.41) is 2.71. The van der Waals surface area contributed by atoms with Gasteiger partial charge in [0.15, 0.2) is 0 Å². The number of rotatable bonds is 4. The van der Waals surface area contributed by atoms with Gasteiger partial charge in [0, 0.05) is 13.7 Å². The van der Waals surface area contributed by atoms with Gasteiger partial charge in [-0.2, -0.15) is 0 Å². The zero-order chi connectivity index (χ0) is 8.91. The maximum atomic E-state index is 11.1. The van der Waals surface area contributed by atoms with Crippen molar-refractivity contribution in [2.24, 2.45) is 0 Å². The Balaban J connectivity index is 3.54. The van der Waals surface area contributed by atoms with Gasteiger partial charge in [-0.05, 0) is 13.8 Å². The Morgan fingerprint density at radius 1 is 1.64 bits per heavy atom. The molecule has 0 unspecified atom stereocenters. The molecule has 1 N–H and O–H groups in total. The van der Waals surface area contributed by atoms with Crippen LogP contribution >= 0.6 is 15.9 Å². The minimum atomic E-state index is -0.485. The number of nitrogens with one attached hydrogen (secondary N) is 1. The Hall–Kier alpha value is -0.0900. The van der Waals surface area contributed by atoms with Crippen LogP contribution in [0, 0.1) is 0 Å². The zero-order valence-corrected chi connectivity index (χ0v) is 8.69. The zero-order valence-electron chi connectivity index (χ0n) is 7.11. The van der Waals surface area contributed by atoms with E-state index in [0.29, 0.717) is 13.2 Å². The van der Waals surface area contributed by atoms with Crippen LogP contribution in [-0.4, -0.2) is 30.5 Å². The number of hydrogen-bond donors (Lipinski definition) is 1. The van der Waals surface area contributed by atoms with Crippen LogP contribution in [0.2, 0.25) is 0 Å². The van der Waals surface area contributed by atoms with Crippen molar-refractivity contribution in [3.63, 3.8) is 0 Å². The Morgan fingerprint density at radius 3 is 2.55 bits per heavy atom. The Bertz CT molecular complexity index is 131. The Kier molecular flexibility index (Phi) is 4.68. The summed E-state index contributed by atoms with van der Waals surface area (Å²) in [7, 11) is 1.60. The highest BCUT2D eigenvalue weighted by Crippen LogP contribution is 2.14. The predicted molar refractivity (Wildman–Crippen MR) is 47.9 cm³/mol. The lowest BCUT2D eigenvalue weighted by Crippen LogP contribution is -2.39. The molecule has 11 heavy (non-hydrogen) atoms. The lowest BCUT2D eigenvalue weighted by Gasteiger charge is -2.15. The molecule has 4 heteroatoms. The van der Waals surface area contributed by atoms with E-state index >= 15 is 0 Å². The summed E-state index contributed by atoms with van der Waals surface area (Å²) in [5.41, 5.74) is 0. The van der Waals surface area contributed by atoms with Crippen LogP contribution in [0.15, 0.2) is 0 Å². The molecule has 0 aliphatic rings.